The van der Waals surface area contributed by atoms with Gasteiger partial charge in [0.2, 0.25) is 0 Å². The molecule has 1 unspecified atom stereocenters. The molecule has 5 aromatic rings. The number of fused-ring (bicyclic) bond motifs is 2. The molecule has 3 aromatic heterocycles. The number of aryl methyl sites for hydroxylation is 2. The molecule has 11 heteroatoms. The summed E-state index contributed by atoms with van der Waals surface area (Å²) < 4.78 is 5.16. The second-order valence-electron chi connectivity index (χ2n) is 8.89. The number of nitrogens with zero attached hydrogens (tertiary/aromatic N) is 5. The summed E-state index contributed by atoms with van der Waals surface area (Å²) in [5.41, 5.74) is 4.87. The van der Waals surface area contributed by atoms with Crippen LogP contribution in [0.25, 0.3) is 22.4 Å². The van der Waals surface area contributed by atoms with Crippen molar-refractivity contribution < 1.29 is 14.1 Å². The number of hydrogen-bond donors (Lipinski definition) is 3. The molecule has 0 aliphatic heterocycles. The quantitative estimate of drug-likeness (QED) is 0.300. The Morgan fingerprint density at radius 3 is 2.67 bits per heavy atom. The van der Waals surface area contributed by atoms with Gasteiger partial charge < -0.3 is 15.2 Å². The second-order valence-corrected chi connectivity index (χ2v) is 8.89. The van der Waals surface area contributed by atoms with Crippen molar-refractivity contribution in [3.8, 4) is 11.4 Å². The van der Waals surface area contributed by atoms with Crippen LogP contribution in [0.4, 0.5) is 0 Å². The van der Waals surface area contributed by atoms with Gasteiger partial charge in [-0.05, 0) is 54.7 Å². The minimum atomic E-state index is -0.407. The van der Waals surface area contributed by atoms with E-state index in [-0.39, 0.29) is 29.9 Å². The lowest BCUT2D eigenvalue weighted by molar-refractivity contribution is 0.0931. The number of amides is 2. The van der Waals surface area contributed by atoms with Gasteiger partial charge in [-0.25, -0.2) is 15.0 Å². The van der Waals surface area contributed by atoms with Gasteiger partial charge in [0.05, 0.1) is 12.2 Å². The van der Waals surface area contributed by atoms with Crippen LogP contribution in [-0.2, 0) is 13.0 Å². The number of aromatic amines is 1. The zero-order valence-corrected chi connectivity index (χ0v) is 21.9. The first-order chi connectivity index (χ1) is 19.0. The van der Waals surface area contributed by atoms with Gasteiger partial charge in [-0.2, -0.15) is 5.10 Å². The lowest BCUT2D eigenvalue weighted by atomic mass is 10.0. The van der Waals surface area contributed by atoms with Crippen LogP contribution in [0.2, 0.25) is 0 Å². The Bertz CT molecular complexity index is 1640. The number of rotatable bonds is 6. The molecule has 2 aromatic carbocycles. The number of carbonyl (C=O) groups excluding carboxylic acids is 2. The maximum atomic E-state index is 13.0. The molecule has 1 aliphatic carbocycles. The number of nitrogens with one attached hydrogen (secondary N) is 3. The van der Waals surface area contributed by atoms with E-state index in [1.54, 1.807) is 6.20 Å². The van der Waals surface area contributed by atoms with Crippen LogP contribution in [0.5, 0.6) is 0 Å². The summed E-state index contributed by atoms with van der Waals surface area (Å²) in [6, 6.07) is 12.8. The topological polar surface area (TPSA) is 152 Å². The van der Waals surface area contributed by atoms with E-state index in [1.165, 1.54) is 12.4 Å². The van der Waals surface area contributed by atoms with Gasteiger partial charge in [-0.15, -0.1) is 0 Å². The Hall–Kier alpha value is -4.93. The molecule has 198 valence electrons. The van der Waals surface area contributed by atoms with E-state index in [2.05, 4.69) is 47.0 Å². The predicted octanol–water partition coefficient (Wildman–Crippen LogP) is 4.08. The molecular weight excluding hydrogens is 496 g/mol. The van der Waals surface area contributed by atoms with E-state index >= 15 is 0 Å². The van der Waals surface area contributed by atoms with Gasteiger partial charge in [0.1, 0.15) is 23.5 Å². The zero-order valence-electron chi connectivity index (χ0n) is 21.9. The number of carbonyl (C=O) groups is 2. The third-order valence-electron chi connectivity index (χ3n) is 6.39. The smallest absolute Gasteiger partial charge is 0.270 e. The fourth-order valence-corrected chi connectivity index (χ4v) is 4.50. The van der Waals surface area contributed by atoms with Gasteiger partial charge in [-0.1, -0.05) is 37.2 Å². The molecular formula is C28H28N8O3. The van der Waals surface area contributed by atoms with E-state index in [0.717, 1.165) is 46.3 Å². The summed E-state index contributed by atoms with van der Waals surface area (Å²) in [6.07, 6.45) is 4.45. The maximum absolute atomic E-state index is 13.0. The molecule has 39 heavy (non-hydrogen) atoms. The van der Waals surface area contributed by atoms with E-state index in [1.807, 2.05) is 51.1 Å². The highest BCUT2D eigenvalue weighted by Crippen LogP contribution is 2.33. The van der Waals surface area contributed by atoms with E-state index in [4.69, 9.17) is 4.52 Å². The molecule has 6 rings (SSSR count). The summed E-state index contributed by atoms with van der Waals surface area (Å²) in [5.74, 6) is 0.637. The van der Waals surface area contributed by atoms with Gasteiger partial charge in [0.25, 0.3) is 11.8 Å². The van der Waals surface area contributed by atoms with Gasteiger partial charge in [0.15, 0.2) is 11.4 Å². The van der Waals surface area contributed by atoms with Crippen molar-refractivity contribution in [2.45, 2.75) is 46.2 Å². The first-order valence-electron chi connectivity index (χ1n) is 12.8. The molecule has 3 heterocycles. The molecule has 0 bridgehead atoms. The lowest BCUT2D eigenvalue weighted by Gasteiger charge is -2.14. The first-order valence-corrected chi connectivity index (χ1v) is 12.8. The maximum Gasteiger partial charge on any atom is 0.270 e. The van der Waals surface area contributed by atoms with Gasteiger partial charge in [-0.3, -0.25) is 14.7 Å². The van der Waals surface area contributed by atoms with Gasteiger partial charge in [0, 0.05) is 23.6 Å². The molecule has 1 aliphatic rings. The lowest BCUT2D eigenvalue weighted by Crippen LogP contribution is -2.29. The molecule has 0 saturated heterocycles. The van der Waals surface area contributed by atoms with Crippen LogP contribution in [-0.4, -0.2) is 42.1 Å². The first kappa shape index (κ1) is 25.7. The van der Waals surface area contributed by atoms with Crippen molar-refractivity contribution in [3.63, 3.8) is 0 Å². The van der Waals surface area contributed by atoms with Crippen LogP contribution < -0.4 is 10.6 Å². The second kappa shape index (κ2) is 11.2. The van der Waals surface area contributed by atoms with Crippen LogP contribution in [0.1, 0.15) is 69.8 Å². The molecule has 0 fully saturated rings. The predicted molar refractivity (Wildman–Crippen MR) is 144 cm³/mol. The summed E-state index contributed by atoms with van der Waals surface area (Å²) in [7, 11) is 0. The monoisotopic (exact) mass is 524 g/mol. The highest BCUT2D eigenvalue weighted by molar-refractivity contribution is 5.97. The minimum Gasteiger partial charge on any atom is -0.356 e. The highest BCUT2D eigenvalue weighted by Gasteiger charge is 2.26. The van der Waals surface area contributed by atoms with E-state index in [0.29, 0.717) is 11.4 Å². The normalized spacial score (nSPS) is 13.9. The summed E-state index contributed by atoms with van der Waals surface area (Å²) in [5, 5.41) is 17.6. The highest BCUT2D eigenvalue weighted by atomic mass is 16.5. The van der Waals surface area contributed by atoms with Crippen LogP contribution >= 0.6 is 0 Å². The summed E-state index contributed by atoms with van der Waals surface area (Å²) in [4.78, 5) is 38.2. The van der Waals surface area contributed by atoms with Crippen molar-refractivity contribution in [2.75, 3.05) is 0 Å². The number of H-pyrrole nitrogens is 1. The van der Waals surface area contributed by atoms with Crippen molar-refractivity contribution in [1.82, 2.24) is 40.9 Å². The van der Waals surface area contributed by atoms with Gasteiger partial charge >= 0.3 is 0 Å². The van der Waals surface area contributed by atoms with Crippen molar-refractivity contribution >= 4 is 22.8 Å². The molecule has 1 atom stereocenters. The molecule has 0 spiro atoms. The van der Waals surface area contributed by atoms with Crippen molar-refractivity contribution in [1.29, 1.82) is 0 Å². The van der Waals surface area contributed by atoms with Crippen LogP contribution in [0, 0.1) is 6.92 Å². The average Bonchev–Trinajstić information content (AvgIpc) is 3.72. The van der Waals surface area contributed by atoms with Crippen molar-refractivity contribution in [2.24, 2.45) is 0 Å². The Morgan fingerprint density at radius 2 is 1.87 bits per heavy atom. The zero-order chi connectivity index (χ0) is 27.4. The third-order valence-corrected chi connectivity index (χ3v) is 6.39. The Kier molecular flexibility index (Phi) is 7.39. The molecule has 0 radical (unpaired) electrons. The largest absolute Gasteiger partial charge is 0.356 e. The summed E-state index contributed by atoms with van der Waals surface area (Å²) in [6.45, 7) is 6.13. The fourth-order valence-electron chi connectivity index (χ4n) is 4.50. The standard InChI is InChI=1S/C26H22N8O3.C2H6/c1-14-31-24(34-33-14)17-4-6-19-16(9-17)5-7-20(19)32-26(36)22-10-21(28-13-29-22)25(35)27-11-15-2-3-18-12-30-37-23(18)8-15;1-2/h2-4,6,8-10,12-13,20H,5,7,11H2,1H3,(H,27,35)(H,32,36)(H,31,33,34);1-2H3. The molecule has 2 amide bonds. The minimum absolute atomic E-state index is 0.110. The number of hydrogen-bond acceptors (Lipinski definition) is 8. The van der Waals surface area contributed by atoms with E-state index < -0.39 is 5.91 Å². The van der Waals surface area contributed by atoms with Crippen molar-refractivity contribution in [3.05, 3.63) is 88.9 Å². The van der Waals surface area contributed by atoms with E-state index in [9.17, 15) is 9.59 Å². The molecule has 3 N–H and O–H groups in total. The number of benzene rings is 2. The average molecular weight is 525 g/mol. The fraction of sp³-hybridized carbons (Fsp3) is 0.250. The molecule has 0 saturated carbocycles. The Morgan fingerprint density at radius 1 is 1.05 bits per heavy atom. The molecule has 11 nitrogen and oxygen atoms in total. The Balaban J connectivity index is 0.00000151. The third kappa shape index (κ3) is 5.52. The SMILES string of the molecule is CC.Cc1nc(-c2ccc3c(c2)CCC3NC(=O)c2cc(C(=O)NCc3ccc4cnoc4c3)ncn2)n[nH]1. The Labute approximate surface area is 224 Å². The van der Waals surface area contributed by atoms with Crippen LogP contribution in [0.15, 0.2) is 59.5 Å². The summed E-state index contributed by atoms with van der Waals surface area (Å²) >= 11 is 0. The van der Waals surface area contributed by atoms with Crippen LogP contribution in [0.3, 0.4) is 0 Å². The number of aromatic nitrogens is 6.